The molecule has 2 rings (SSSR count). The molecule has 1 heterocycles. The van der Waals surface area contributed by atoms with Crippen LogP contribution in [-0.2, 0) is 6.42 Å². The molecule has 0 aliphatic heterocycles. The number of aromatic nitrogens is 1. The zero-order chi connectivity index (χ0) is 13.1. The van der Waals surface area contributed by atoms with Gasteiger partial charge in [0.2, 0.25) is 0 Å². The molecule has 2 aromatic rings. The molecule has 96 valence electrons. The Morgan fingerprint density at radius 2 is 2.11 bits per heavy atom. The van der Waals surface area contributed by atoms with Crippen molar-refractivity contribution in [3.8, 4) is 0 Å². The van der Waals surface area contributed by atoms with Gasteiger partial charge in [-0.25, -0.2) is 0 Å². The third-order valence-electron chi connectivity index (χ3n) is 3.34. The molecule has 1 aromatic heterocycles. The number of fused-ring (bicyclic) bond motifs is 1. The second-order valence-corrected chi connectivity index (χ2v) is 5.09. The normalized spacial score (nSPS) is 12.8. The number of hydrogen-bond acceptors (Lipinski definition) is 2. The molecular weight excluding hydrogens is 224 g/mol. The summed E-state index contributed by atoms with van der Waals surface area (Å²) in [5.74, 6) is 0.594. The van der Waals surface area contributed by atoms with Crippen LogP contribution in [0.25, 0.3) is 10.9 Å². The van der Waals surface area contributed by atoms with Gasteiger partial charge in [-0.2, -0.15) is 0 Å². The van der Waals surface area contributed by atoms with Crippen LogP contribution in [0.4, 0.5) is 0 Å². The summed E-state index contributed by atoms with van der Waals surface area (Å²) in [4.78, 5) is 14.4. The summed E-state index contributed by atoms with van der Waals surface area (Å²) in [7, 11) is 0. The van der Waals surface area contributed by atoms with E-state index in [1.165, 1.54) is 5.56 Å². The number of rotatable bonds is 4. The van der Waals surface area contributed by atoms with E-state index >= 15 is 0 Å². The van der Waals surface area contributed by atoms with Crippen molar-refractivity contribution in [3.63, 3.8) is 0 Å². The molecule has 0 saturated carbocycles. The van der Waals surface area contributed by atoms with Crippen molar-refractivity contribution in [2.75, 3.05) is 6.54 Å². The van der Waals surface area contributed by atoms with Gasteiger partial charge in [0.05, 0.1) is 0 Å². The smallest absolute Gasteiger partial charge is 0.251 e. The summed E-state index contributed by atoms with van der Waals surface area (Å²) in [6.45, 7) is 4.79. The number of aryl methyl sites for hydroxylation is 1. The van der Waals surface area contributed by atoms with Gasteiger partial charge in [-0.15, -0.1) is 0 Å². The lowest BCUT2D eigenvalue weighted by atomic mass is 9.97. The molecule has 3 N–H and O–H groups in total. The Morgan fingerprint density at radius 1 is 1.33 bits per heavy atom. The molecular formula is C15H20N2O. The van der Waals surface area contributed by atoms with E-state index in [1.54, 1.807) is 0 Å². The van der Waals surface area contributed by atoms with E-state index in [9.17, 15) is 4.79 Å². The first-order valence-electron chi connectivity index (χ1n) is 6.43. The zero-order valence-electron chi connectivity index (χ0n) is 11.0. The predicted molar refractivity (Wildman–Crippen MR) is 75.8 cm³/mol. The molecule has 0 fully saturated rings. The predicted octanol–water partition coefficient (Wildman–Crippen LogP) is 2.36. The van der Waals surface area contributed by atoms with Gasteiger partial charge in [-0.1, -0.05) is 13.0 Å². The first-order valence-corrected chi connectivity index (χ1v) is 6.43. The molecule has 0 aliphatic rings. The topological polar surface area (TPSA) is 58.9 Å². The van der Waals surface area contributed by atoms with E-state index in [0.29, 0.717) is 5.92 Å². The molecule has 1 atom stereocenters. The molecule has 0 spiro atoms. The second kappa shape index (κ2) is 5.36. The van der Waals surface area contributed by atoms with Gasteiger partial charge in [0.15, 0.2) is 0 Å². The fraction of sp³-hybridized carbons (Fsp3) is 0.400. The SMILES string of the molecule is Cc1cc2cc(CC(C)CCN)ccc2[nH]c1=O. The lowest BCUT2D eigenvalue weighted by Crippen LogP contribution is -2.09. The van der Waals surface area contributed by atoms with Crippen LogP contribution in [0.5, 0.6) is 0 Å². The van der Waals surface area contributed by atoms with Crippen LogP contribution < -0.4 is 11.3 Å². The third kappa shape index (κ3) is 2.79. The summed E-state index contributed by atoms with van der Waals surface area (Å²) >= 11 is 0. The fourth-order valence-electron chi connectivity index (χ4n) is 2.28. The monoisotopic (exact) mass is 244 g/mol. The summed E-state index contributed by atoms with van der Waals surface area (Å²) in [5, 5.41) is 1.10. The number of hydrogen-bond donors (Lipinski definition) is 2. The van der Waals surface area contributed by atoms with Gasteiger partial charge in [-0.05, 0) is 61.4 Å². The molecule has 0 bridgehead atoms. The number of H-pyrrole nitrogens is 1. The largest absolute Gasteiger partial charge is 0.330 e. The summed E-state index contributed by atoms with van der Waals surface area (Å²) in [6, 6.07) is 8.18. The summed E-state index contributed by atoms with van der Waals surface area (Å²) in [6.07, 6.45) is 2.08. The Morgan fingerprint density at radius 3 is 2.83 bits per heavy atom. The number of pyridine rings is 1. The lowest BCUT2D eigenvalue weighted by molar-refractivity contribution is 0.539. The van der Waals surface area contributed by atoms with Crippen LogP contribution in [0.3, 0.4) is 0 Å². The highest BCUT2D eigenvalue weighted by molar-refractivity contribution is 5.79. The van der Waals surface area contributed by atoms with Crippen molar-refractivity contribution in [1.82, 2.24) is 4.98 Å². The molecule has 1 unspecified atom stereocenters. The molecule has 3 nitrogen and oxygen atoms in total. The molecule has 1 aromatic carbocycles. The van der Waals surface area contributed by atoms with E-state index in [0.717, 1.165) is 35.9 Å². The van der Waals surface area contributed by atoms with Crippen LogP contribution in [0.2, 0.25) is 0 Å². The van der Waals surface area contributed by atoms with Crippen LogP contribution in [0.1, 0.15) is 24.5 Å². The van der Waals surface area contributed by atoms with Crippen molar-refractivity contribution in [2.45, 2.75) is 26.7 Å². The Labute approximate surface area is 107 Å². The first kappa shape index (κ1) is 12.8. The molecule has 0 aliphatic carbocycles. The van der Waals surface area contributed by atoms with E-state index in [2.05, 4.69) is 24.0 Å². The van der Waals surface area contributed by atoms with Crippen molar-refractivity contribution >= 4 is 10.9 Å². The Kier molecular flexibility index (Phi) is 3.82. The van der Waals surface area contributed by atoms with Crippen molar-refractivity contribution < 1.29 is 0 Å². The minimum absolute atomic E-state index is 0.00764. The highest BCUT2D eigenvalue weighted by atomic mass is 16.1. The molecule has 0 amide bonds. The lowest BCUT2D eigenvalue weighted by Gasteiger charge is -2.10. The quantitative estimate of drug-likeness (QED) is 0.867. The van der Waals surface area contributed by atoms with Crippen molar-refractivity contribution in [2.24, 2.45) is 11.7 Å². The minimum atomic E-state index is -0.00764. The van der Waals surface area contributed by atoms with Gasteiger partial charge >= 0.3 is 0 Å². The number of benzene rings is 1. The van der Waals surface area contributed by atoms with Crippen molar-refractivity contribution in [3.05, 3.63) is 45.7 Å². The van der Waals surface area contributed by atoms with Gasteiger partial charge in [0, 0.05) is 11.1 Å². The second-order valence-electron chi connectivity index (χ2n) is 5.09. The van der Waals surface area contributed by atoms with Crippen LogP contribution in [-0.4, -0.2) is 11.5 Å². The van der Waals surface area contributed by atoms with Crippen LogP contribution in [0, 0.1) is 12.8 Å². The van der Waals surface area contributed by atoms with Crippen LogP contribution in [0.15, 0.2) is 29.1 Å². The van der Waals surface area contributed by atoms with Gasteiger partial charge in [0.1, 0.15) is 0 Å². The van der Waals surface area contributed by atoms with E-state index in [4.69, 9.17) is 5.73 Å². The molecule has 0 radical (unpaired) electrons. The third-order valence-corrected chi connectivity index (χ3v) is 3.34. The standard InChI is InChI=1S/C15H20N2O/c1-10(5-6-16)7-12-3-4-14-13(9-12)8-11(2)15(18)17-14/h3-4,8-10H,5-7,16H2,1-2H3,(H,17,18). The van der Waals surface area contributed by atoms with E-state index in [-0.39, 0.29) is 5.56 Å². The molecule has 18 heavy (non-hydrogen) atoms. The Hall–Kier alpha value is -1.61. The highest BCUT2D eigenvalue weighted by Gasteiger charge is 2.05. The van der Waals surface area contributed by atoms with E-state index < -0.39 is 0 Å². The minimum Gasteiger partial charge on any atom is -0.330 e. The molecule has 0 saturated heterocycles. The number of nitrogens with one attached hydrogen (secondary N) is 1. The first-order chi connectivity index (χ1) is 8.60. The molecule has 3 heteroatoms. The maximum Gasteiger partial charge on any atom is 0.251 e. The van der Waals surface area contributed by atoms with Gasteiger partial charge in [0.25, 0.3) is 5.56 Å². The van der Waals surface area contributed by atoms with E-state index in [1.807, 2.05) is 19.1 Å². The summed E-state index contributed by atoms with van der Waals surface area (Å²) in [5.41, 5.74) is 8.53. The number of nitrogens with two attached hydrogens (primary N) is 1. The van der Waals surface area contributed by atoms with Gasteiger partial charge < -0.3 is 10.7 Å². The summed E-state index contributed by atoms with van der Waals surface area (Å²) < 4.78 is 0. The maximum absolute atomic E-state index is 11.5. The Bertz CT molecular complexity index is 601. The van der Waals surface area contributed by atoms with Crippen molar-refractivity contribution in [1.29, 1.82) is 0 Å². The average Bonchev–Trinajstić information content (AvgIpc) is 2.31. The van der Waals surface area contributed by atoms with Crippen LogP contribution >= 0.6 is 0 Å². The fourth-order valence-corrected chi connectivity index (χ4v) is 2.28. The highest BCUT2D eigenvalue weighted by Crippen LogP contribution is 2.17. The zero-order valence-corrected chi connectivity index (χ0v) is 11.0. The maximum atomic E-state index is 11.5. The van der Waals surface area contributed by atoms with Gasteiger partial charge in [-0.3, -0.25) is 4.79 Å². The number of aromatic amines is 1. The average molecular weight is 244 g/mol. The Balaban J connectivity index is 2.32.